The van der Waals surface area contributed by atoms with Crippen LogP contribution in [0, 0.1) is 5.92 Å². The minimum absolute atomic E-state index is 0.185. The first-order valence-electron chi connectivity index (χ1n) is 6.09. The molecule has 1 saturated carbocycles. The lowest BCUT2D eigenvalue weighted by Crippen LogP contribution is -2.39. The molecule has 1 N–H and O–H groups in total. The van der Waals surface area contributed by atoms with E-state index in [1.165, 1.54) is 4.88 Å². The van der Waals surface area contributed by atoms with Gasteiger partial charge >= 0.3 is 5.97 Å². The zero-order chi connectivity index (χ0) is 12.4. The number of nitrogens with zero attached hydrogens (tertiary/aromatic N) is 1. The number of rotatable bonds is 4. The highest BCUT2D eigenvalue weighted by atomic mass is 32.1. The van der Waals surface area contributed by atoms with Gasteiger partial charge in [-0.2, -0.15) is 0 Å². The first-order chi connectivity index (χ1) is 8.11. The standard InChI is InChI=1S/C13H19NO2S/c1-9(12-7-4-8-17-12)14(2)11-6-3-5-10(11)13(15)16/h4,7-11H,3,5-6H2,1-2H3,(H,15,16). The molecule has 3 atom stereocenters. The van der Waals surface area contributed by atoms with Crippen LogP contribution in [-0.4, -0.2) is 29.1 Å². The summed E-state index contributed by atoms with van der Waals surface area (Å²) in [6, 6.07) is 4.66. The maximum absolute atomic E-state index is 11.2. The van der Waals surface area contributed by atoms with E-state index in [9.17, 15) is 9.90 Å². The van der Waals surface area contributed by atoms with E-state index in [4.69, 9.17) is 0 Å². The van der Waals surface area contributed by atoms with Gasteiger partial charge < -0.3 is 5.11 Å². The topological polar surface area (TPSA) is 40.5 Å². The van der Waals surface area contributed by atoms with Gasteiger partial charge in [-0.25, -0.2) is 0 Å². The maximum atomic E-state index is 11.2. The van der Waals surface area contributed by atoms with Gasteiger partial charge in [0.1, 0.15) is 0 Å². The number of carboxylic acid groups (broad SMARTS) is 1. The molecule has 0 amide bonds. The smallest absolute Gasteiger partial charge is 0.308 e. The SMILES string of the molecule is CC(c1cccs1)N(C)C1CCCC1C(=O)O. The lowest BCUT2D eigenvalue weighted by Gasteiger charge is -2.32. The van der Waals surface area contributed by atoms with Crippen molar-refractivity contribution >= 4 is 17.3 Å². The normalized spacial score (nSPS) is 26.3. The maximum Gasteiger partial charge on any atom is 0.308 e. The Bertz CT molecular complexity index is 377. The number of aliphatic carboxylic acids is 1. The summed E-state index contributed by atoms with van der Waals surface area (Å²) in [4.78, 5) is 14.7. The molecule has 1 aliphatic carbocycles. The summed E-state index contributed by atoms with van der Waals surface area (Å²) in [5.74, 6) is -0.833. The van der Waals surface area contributed by atoms with Crippen LogP contribution in [-0.2, 0) is 4.79 Å². The van der Waals surface area contributed by atoms with E-state index in [-0.39, 0.29) is 12.0 Å². The molecule has 0 spiro atoms. The first kappa shape index (κ1) is 12.6. The Hall–Kier alpha value is -0.870. The predicted octanol–water partition coefficient (Wildman–Crippen LogP) is 2.99. The summed E-state index contributed by atoms with van der Waals surface area (Å²) >= 11 is 1.74. The highest BCUT2D eigenvalue weighted by Crippen LogP contribution is 2.35. The largest absolute Gasteiger partial charge is 0.481 e. The molecule has 17 heavy (non-hydrogen) atoms. The molecule has 0 aromatic carbocycles. The van der Waals surface area contributed by atoms with Gasteiger partial charge in [-0.3, -0.25) is 9.69 Å². The third-order valence-corrected chi connectivity index (χ3v) is 4.93. The van der Waals surface area contributed by atoms with Crippen molar-refractivity contribution in [1.82, 2.24) is 4.90 Å². The fourth-order valence-electron chi connectivity index (χ4n) is 2.73. The van der Waals surface area contributed by atoms with Crippen LogP contribution in [0.15, 0.2) is 17.5 Å². The van der Waals surface area contributed by atoms with Crippen LogP contribution < -0.4 is 0 Å². The molecule has 0 bridgehead atoms. The molecule has 0 saturated heterocycles. The van der Waals surface area contributed by atoms with E-state index in [0.717, 1.165) is 19.3 Å². The zero-order valence-corrected chi connectivity index (χ0v) is 11.1. The molecule has 2 rings (SSSR count). The van der Waals surface area contributed by atoms with Crippen molar-refractivity contribution in [2.45, 2.75) is 38.3 Å². The number of carbonyl (C=O) groups is 1. The Labute approximate surface area is 106 Å². The van der Waals surface area contributed by atoms with Crippen molar-refractivity contribution in [3.63, 3.8) is 0 Å². The first-order valence-corrected chi connectivity index (χ1v) is 6.97. The molecule has 1 fully saturated rings. The van der Waals surface area contributed by atoms with Crippen LogP contribution >= 0.6 is 11.3 Å². The highest BCUT2D eigenvalue weighted by molar-refractivity contribution is 7.10. The fraction of sp³-hybridized carbons (Fsp3) is 0.615. The van der Waals surface area contributed by atoms with E-state index in [0.29, 0.717) is 6.04 Å². The predicted molar refractivity (Wildman–Crippen MR) is 69.3 cm³/mol. The summed E-state index contributed by atoms with van der Waals surface area (Å²) in [7, 11) is 2.05. The van der Waals surface area contributed by atoms with Gasteiger partial charge in [0.25, 0.3) is 0 Å². The lowest BCUT2D eigenvalue weighted by atomic mass is 10.0. The molecular formula is C13H19NO2S. The third-order valence-electron chi connectivity index (χ3n) is 3.89. The van der Waals surface area contributed by atoms with Crippen LogP contribution in [0.5, 0.6) is 0 Å². The van der Waals surface area contributed by atoms with Gasteiger partial charge in [0.2, 0.25) is 0 Å². The molecule has 1 heterocycles. The molecular weight excluding hydrogens is 234 g/mol. The summed E-state index contributed by atoms with van der Waals surface area (Å²) in [5, 5.41) is 11.3. The average molecular weight is 253 g/mol. The van der Waals surface area contributed by atoms with Gasteiger partial charge in [-0.1, -0.05) is 12.5 Å². The molecule has 1 aliphatic rings. The quantitative estimate of drug-likeness (QED) is 0.896. The van der Waals surface area contributed by atoms with Crippen LogP contribution in [0.3, 0.4) is 0 Å². The van der Waals surface area contributed by atoms with Crippen LogP contribution in [0.2, 0.25) is 0 Å². The van der Waals surface area contributed by atoms with Gasteiger partial charge in [-0.05, 0) is 38.3 Å². The summed E-state index contributed by atoms with van der Waals surface area (Å²) in [5.41, 5.74) is 0. The molecule has 1 aromatic heterocycles. The Morgan fingerprint density at radius 3 is 2.94 bits per heavy atom. The molecule has 3 unspecified atom stereocenters. The molecule has 0 radical (unpaired) electrons. The average Bonchev–Trinajstić information content (AvgIpc) is 2.97. The van der Waals surface area contributed by atoms with Crippen molar-refractivity contribution in [3.05, 3.63) is 22.4 Å². The van der Waals surface area contributed by atoms with Gasteiger partial charge in [-0.15, -0.1) is 11.3 Å². The molecule has 0 aliphatic heterocycles. The van der Waals surface area contributed by atoms with Crippen molar-refractivity contribution in [1.29, 1.82) is 0 Å². The Balaban J connectivity index is 2.09. The Morgan fingerprint density at radius 2 is 2.35 bits per heavy atom. The monoisotopic (exact) mass is 253 g/mol. The summed E-state index contributed by atoms with van der Waals surface area (Å²) in [6.45, 7) is 2.16. The summed E-state index contributed by atoms with van der Waals surface area (Å²) < 4.78 is 0. The third kappa shape index (κ3) is 2.53. The van der Waals surface area contributed by atoms with Gasteiger partial charge in [0.05, 0.1) is 5.92 Å². The van der Waals surface area contributed by atoms with E-state index in [1.807, 2.05) is 6.07 Å². The number of carboxylic acids is 1. The van der Waals surface area contributed by atoms with Crippen molar-refractivity contribution in [2.24, 2.45) is 5.92 Å². The second kappa shape index (κ2) is 5.19. The van der Waals surface area contributed by atoms with Crippen LogP contribution in [0.1, 0.15) is 37.1 Å². The summed E-state index contributed by atoms with van der Waals surface area (Å²) in [6.07, 6.45) is 2.85. The van der Waals surface area contributed by atoms with Crippen molar-refractivity contribution in [3.8, 4) is 0 Å². The molecule has 1 aromatic rings. The van der Waals surface area contributed by atoms with E-state index >= 15 is 0 Å². The van der Waals surface area contributed by atoms with Gasteiger partial charge in [0.15, 0.2) is 0 Å². The minimum atomic E-state index is -0.641. The Kier molecular flexibility index (Phi) is 3.84. The highest BCUT2D eigenvalue weighted by Gasteiger charge is 2.37. The second-order valence-electron chi connectivity index (χ2n) is 4.80. The minimum Gasteiger partial charge on any atom is -0.481 e. The number of thiophene rings is 1. The van der Waals surface area contributed by atoms with E-state index in [1.54, 1.807) is 11.3 Å². The Morgan fingerprint density at radius 1 is 1.59 bits per heavy atom. The van der Waals surface area contributed by atoms with Crippen molar-refractivity contribution < 1.29 is 9.90 Å². The van der Waals surface area contributed by atoms with Crippen molar-refractivity contribution in [2.75, 3.05) is 7.05 Å². The van der Waals surface area contributed by atoms with Gasteiger partial charge in [0, 0.05) is 17.0 Å². The molecule has 3 nitrogen and oxygen atoms in total. The van der Waals surface area contributed by atoms with Crippen LogP contribution in [0.4, 0.5) is 0 Å². The second-order valence-corrected chi connectivity index (χ2v) is 5.78. The van der Waals surface area contributed by atoms with E-state index in [2.05, 4.69) is 30.3 Å². The van der Waals surface area contributed by atoms with E-state index < -0.39 is 5.97 Å². The molecule has 94 valence electrons. The molecule has 4 heteroatoms. The number of hydrogen-bond donors (Lipinski definition) is 1. The fourth-order valence-corrected chi connectivity index (χ4v) is 3.57. The number of hydrogen-bond acceptors (Lipinski definition) is 3. The zero-order valence-electron chi connectivity index (χ0n) is 10.3. The van der Waals surface area contributed by atoms with Crippen LogP contribution in [0.25, 0.3) is 0 Å². The lowest BCUT2D eigenvalue weighted by molar-refractivity contribution is -0.143.